The van der Waals surface area contributed by atoms with E-state index >= 15 is 0 Å². The van der Waals surface area contributed by atoms with Crippen LogP contribution in [0.5, 0.6) is 11.5 Å². The van der Waals surface area contributed by atoms with Gasteiger partial charge >= 0.3 is 0 Å². The van der Waals surface area contributed by atoms with E-state index in [1.807, 2.05) is 71.6 Å². The number of oxime groups is 1. The number of ether oxygens (including phenoxy) is 2. The lowest BCUT2D eigenvalue weighted by molar-refractivity contribution is -0.134. The summed E-state index contributed by atoms with van der Waals surface area (Å²) in [5.41, 5.74) is 3.92. The number of hydrogen-bond acceptors (Lipinski definition) is 5. The van der Waals surface area contributed by atoms with Gasteiger partial charge in [-0.15, -0.1) is 0 Å². The third-order valence-corrected chi connectivity index (χ3v) is 6.04. The Morgan fingerprint density at radius 1 is 0.829 bits per heavy atom. The van der Waals surface area contributed by atoms with Gasteiger partial charge in [-0.3, -0.25) is 4.79 Å². The fourth-order valence-corrected chi connectivity index (χ4v) is 4.01. The minimum Gasteiger partial charge on any atom is -0.497 e. The molecule has 182 valence electrons. The van der Waals surface area contributed by atoms with Gasteiger partial charge in [-0.25, -0.2) is 0 Å². The maximum atomic E-state index is 12.4. The van der Waals surface area contributed by atoms with Crippen LogP contribution in [-0.2, 0) is 22.7 Å². The second-order valence-corrected chi connectivity index (χ2v) is 8.58. The SMILES string of the molecule is COc1ccc(CO/N=C(\Cc2ccccc2)c2ccc(OCC(=O)N3CCCCC3)cc2)cc1. The number of carbonyl (C=O) groups is 1. The average Bonchev–Trinajstić information content (AvgIpc) is 2.93. The van der Waals surface area contributed by atoms with Gasteiger partial charge in [0.2, 0.25) is 0 Å². The van der Waals surface area contributed by atoms with Gasteiger partial charge < -0.3 is 19.2 Å². The first kappa shape index (κ1) is 24.3. The van der Waals surface area contributed by atoms with Crippen molar-refractivity contribution in [3.05, 3.63) is 95.6 Å². The highest BCUT2D eigenvalue weighted by Crippen LogP contribution is 2.17. The molecule has 1 saturated heterocycles. The van der Waals surface area contributed by atoms with E-state index in [1.54, 1.807) is 7.11 Å². The molecular weight excluding hydrogens is 440 g/mol. The fraction of sp³-hybridized carbons (Fsp3) is 0.310. The van der Waals surface area contributed by atoms with Crippen LogP contribution < -0.4 is 9.47 Å². The predicted molar refractivity (Wildman–Crippen MR) is 137 cm³/mol. The van der Waals surface area contributed by atoms with Crippen LogP contribution in [0, 0.1) is 0 Å². The van der Waals surface area contributed by atoms with E-state index in [9.17, 15) is 4.79 Å². The lowest BCUT2D eigenvalue weighted by Gasteiger charge is -2.26. The Kier molecular flexibility index (Phi) is 8.76. The lowest BCUT2D eigenvalue weighted by atomic mass is 10.0. The third kappa shape index (κ3) is 7.34. The number of likely N-dealkylation sites (tertiary alicyclic amines) is 1. The molecule has 0 atom stereocenters. The van der Waals surface area contributed by atoms with Crippen molar-refractivity contribution < 1.29 is 19.1 Å². The molecule has 1 amide bonds. The number of amides is 1. The van der Waals surface area contributed by atoms with Crippen LogP contribution >= 0.6 is 0 Å². The monoisotopic (exact) mass is 472 g/mol. The number of hydrogen-bond donors (Lipinski definition) is 0. The van der Waals surface area contributed by atoms with Crippen LogP contribution in [0.2, 0.25) is 0 Å². The van der Waals surface area contributed by atoms with Crippen LogP contribution in [0.4, 0.5) is 0 Å². The Hall–Kier alpha value is -3.80. The molecule has 6 nitrogen and oxygen atoms in total. The molecule has 6 heteroatoms. The van der Waals surface area contributed by atoms with E-state index in [1.165, 1.54) is 6.42 Å². The summed E-state index contributed by atoms with van der Waals surface area (Å²) in [6.07, 6.45) is 3.98. The summed E-state index contributed by atoms with van der Waals surface area (Å²) in [6.45, 7) is 2.09. The van der Waals surface area contributed by atoms with E-state index in [-0.39, 0.29) is 12.5 Å². The molecule has 0 unspecified atom stereocenters. The highest BCUT2D eigenvalue weighted by molar-refractivity contribution is 6.01. The number of rotatable bonds is 10. The molecule has 3 aromatic rings. The van der Waals surface area contributed by atoms with Gasteiger partial charge in [0.15, 0.2) is 6.61 Å². The molecule has 0 aromatic heterocycles. The average molecular weight is 473 g/mol. The summed E-state index contributed by atoms with van der Waals surface area (Å²) < 4.78 is 11.0. The zero-order valence-electron chi connectivity index (χ0n) is 20.2. The Morgan fingerprint density at radius 2 is 1.51 bits per heavy atom. The first-order valence-corrected chi connectivity index (χ1v) is 12.1. The number of piperidine rings is 1. The Labute approximate surface area is 207 Å². The molecule has 4 rings (SSSR count). The van der Waals surface area contributed by atoms with Crippen LogP contribution in [0.1, 0.15) is 36.0 Å². The number of methoxy groups -OCH3 is 1. The van der Waals surface area contributed by atoms with Crippen molar-refractivity contribution in [3.8, 4) is 11.5 Å². The van der Waals surface area contributed by atoms with Crippen LogP contribution in [0.25, 0.3) is 0 Å². The van der Waals surface area contributed by atoms with Crippen LogP contribution in [-0.4, -0.2) is 43.3 Å². The van der Waals surface area contributed by atoms with Crippen molar-refractivity contribution in [2.75, 3.05) is 26.8 Å². The predicted octanol–water partition coefficient (Wildman–Crippen LogP) is 5.25. The summed E-state index contributed by atoms with van der Waals surface area (Å²) in [5, 5.41) is 4.48. The summed E-state index contributed by atoms with van der Waals surface area (Å²) in [4.78, 5) is 20.0. The van der Waals surface area contributed by atoms with E-state index in [2.05, 4.69) is 17.3 Å². The molecule has 0 saturated carbocycles. The van der Waals surface area contributed by atoms with Crippen molar-refractivity contribution in [1.82, 2.24) is 4.90 Å². The van der Waals surface area contributed by atoms with E-state index in [4.69, 9.17) is 14.3 Å². The molecule has 1 aliphatic rings. The second kappa shape index (κ2) is 12.6. The second-order valence-electron chi connectivity index (χ2n) is 8.58. The lowest BCUT2D eigenvalue weighted by Crippen LogP contribution is -2.38. The normalized spacial score (nSPS) is 13.9. The standard InChI is InChI=1S/C29H32N2O4/c1-33-26-14-10-24(11-15-26)21-35-30-28(20-23-8-4-2-5-9-23)25-12-16-27(17-13-25)34-22-29(32)31-18-6-3-7-19-31/h2,4-5,8-17H,3,6-7,18-22H2,1H3/b30-28+. The van der Waals surface area contributed by atoms with Gasteiger partial charge in [-0.05, 0) is 72.4 Å². The minimum absolute atomic E-state index is 0.0482. The van der Waals surface area contributed by atoms with Crippen LogP contribution in [0.3, 0.4) is 0 Å². The quantitative estimate of drug-likeness (QED) is 0.299. The summed E-state index contributed by atoms with van der Waals surface area (Å²) in [7, 11) is 1.65. The molecule has 1 aliphatic heterocycles. The Morgan fingerprint density at radius 3 is 2.20 bits per heavy atom. The maximum Gasteiger partial charge on any atom is 0.260 e. The molecule has 0 spiro atoms. The van der Waals surface area contributed by atoms with E-state index in [0.29, 0.717) is 18.8 Å². The highest BCUT2D eigenvalue weighted by Gasteiger charge is 2.17. The molecule has 1 heterocycles. The van der Waals surface area contributed by atoms with E-state index in [0.717, 1.165) is 54.1 Å². The van der Waals surface area contributed by atoms with Crippen molar-refractivity contribution in [2.45, 2.75) is 32.3 Å². The van der Waals surface area contributed by atoms with Gasteiger partial charge in [-0.1, -0.05) is 47.6 Å². The first-order chi connectivity index (χ1) is 17.2. The molecule has 0 N–H and O–H groups in total. The molecule has 35 heavy (non-hydrogen) atoms. The third-order valence-electron chi connectivity index (χ3n) is 6.04. The summed E-state index contributed by atoms with van der Waals surface area (Å²) >= 11 is 0. The molecule has 3 aromatic carbocycles. The summed E-state index contributed by atoms with van der Waals surface area (Å²) in [6, 6.07) is 25.6. The van der Waals surface area contributed by atoms with Crippen LogP contribution in [0.15, 0.2) is 84.0 Å². The molecule has 1 fully saturated rings. The fourth-order valence-electron chi connectivity index (χ4n) is 4.01. The van der Waals surface area contributed by atoms with Crippen molar-refractivity contribution in [3.63, 3.8) is 0 Å². The summed E-state index contributed by atoms with van der Waals surface area (Å²) in [5.74, 6) is 1.52. The van der Waals surface area contributed by atoms with Gasteiger partial charge in [0, 0.05) is 19.5 Å². The van der Waals surface area contributed by atoms with Gasteiger partial charge in [-0.2, -0.15) is 0 Å². The zero-order chi connectivity index (χ0) is 24.3. The Bertz CT molecular complexity index is 1090. The maximum absolute atomic E-state index is 12.4. The minimum atomic E-state index is 0.0482. The van der Waals surface area contributed by atoms with Gasteiger partial charge in [0.25, 0.3) is 5.91 Å². The smallest absolute Gasteiger partial charge is 0.260 e. The molecule has 0 bridgehead atoms. The largest absolute Gasteiger partial charge is 0.497 e. The number of carbonyl (C=O) groups excluding carboxylic acids is 1. The van der Waals surface area contributed by atoms with Crippen molar-refractivity contribution in [2.24, 2.45) is 5.16 Å². The molecule has 0 radical (unpaired) electrons. The zero-order valence-corrected chi connectivity index (χ0v) is 20.2. The number of benzene rings is 3. The highest BCUT2D eigenvalue weighted by atomic mass is 16.6. The molecular formula is C29H32N2O4. The number of nitrogens with zero attached hydrogens (tertiary/aromatic N) is 2. The van der Waals surface area contributed by atoms with Gasteiger partial charge in [0.1, 0.15) is 18.1 Å². The van der Waals surface area contributed by atoms with Crippen molar-refractivity contribution >= 4 is 11.6 Å². The topological polar surface area (TPSA) is 60.4 Å². The first-order valence-electron chi connectivity index (χ1n) is 12.1. The molecule has 0 aliphatic carbocycles. The van der Waals surface area contributed by atoms with Crippen molar-refractivity contribution in [1.29, 1.82) is 0 Å². The Balaban J connectivity index is 1.40. The van der Waals surface area contributed by atoms with E-state index < -0.39 is 0 Å². The van der Waals surface area contributed by atoms with Gasteiger partial charge in [0.05, 0.1) is 12.8 Å².